The van der Waals surface area contributed by atoms with E-state index in [-0.39, 0.29) is 23.1 Å². The minimum absolute atomic E-state index is 0.0801. The van der Waals surface area contributed by atoms with Gasteiger partial charge in [0.25, 0.3) is 5.91 Å². The molecule has 2 amide bonds. The summed E-state index contributed by atoms with van der Waals surface area (Å²) in [7, 11) is 0. The number of likely N-dealkylation sites (tertiary alicyclic amines) is 1. The van der Waals surface area contributed by atoms with Crippen molar-refractivity contribution in [3.63, 3.8) is 0 Å². The molecule has 0 atom stereocenters. The predicted molar refractivity (Wildman–Crippen MR) is 120 cm³/mol. The van der Waals surface area contributed by atoms with E-state index in [1.54, 1.807) is 47.7 Å². The minimum Gasteiger partial charge on any atom is -0.507 e. The molecule has 0 radical (unpaired) electrons. The highest BCUT2D eigenvalue weighted by atomic mass is 32.1. The van der Waals surface area contributed by atoms with E-state index in [0.29, 0.717) is 31.1 Å². The molecule has 0 unspecified atom stereocenters. The Labute approximate surface area is 184 Å². The van der Waals surface area contributed by atoms with E-state index in [0.717, 1.165) is 29.1 Å². The fourth-order valence-corrected chi connectivity index (χ4v) is 4.67. The second-order valence-electron chi connectivity index (χ2n) is 7.51. The van der Waals surface area contributed by atoms with Crippen molar-refractivity contribution in [2.75, 3.05) is 18.4 Å². The van der Waals surface area contributed by atoms with Crippen molar-refractivity contribution in [2.24, 2.45) is 0 Å². The molecule has 1 aliphatic heterocycles. The van der Waals surface area contributed by atoms with Crippen molar-refractivity contribution >= 4 is 28.8 Å². The van der Waals surface area contributed by atoms with E-state index in [4.69, 9.17) is 4.98 Å². The monoisotopic (exact) mass is 436 g/mol. The molecule has 1 aliphatic rings. The summed E-state index contributed by atoms with van der Waals surface area (Å²) in [6.45, 7) is 2.95. The van der Waals surface area contributed by atoms with Crippen LogP contribution in [-0.4, -0.2) is 44.9 Å². The molecule has 1 fully saturated rings. The lowest BCUT2D eigenvalue weighted by Crippen LogP contribution is -2.38. The first-order valence-corrected chi connectivity index (χ1v) is 11.2. The average Bonchev–Trinajstić information content (AvgIpc) is 3.31. The SMILES string of the molecule is CCC(=O)Nc1ccc(O)c(C(=O)N2CCC(c3nc(-c4ccncc4)cs3)CC2)c1. The minimum atomic E-state index is -0.222. The topological polar surface area (TPSA) is 95.4 Å². The number of benzene rings is 1. The lowest BCUT2D eigenvalue weighted by atomic mass is 9.96. The molecule has 3 aromatic rings. The Hall–Kier alpha value is -3.26. The molecule has 0 spiro atoms. The summed E-state index contributed by atoms with van der Waals surface area (Å²) < 4.78 is 0. The molecule has 0 saturated carbocycles. The zero-order chi connectivity index (χ0) is 21.8. The number of thiazole rings is 1. The number of aromatic hydroxyl groups is 1. The Morgan fingerprint density at radius 1 is 1.19 bits per heavy atom. The molecule has 1 saturated heterocycles. The third kappa shape index (κ3) is 4.74. The second kappa shape index (κ2) is 9.26. The van der Waals surface area contributed by atoms with Crippen LogP contribution in [0.3, 0.4) is 0 Å². The molecule has 160 valence electrons. The van der Waals surface area contributed by atoms with Crippen LogP contribution in [0, 0.1) is 0 Å². The molecule has 0 bridgehead atoms. The molecule has 3 heterocycles. The first-order valence-electron chi connectivity index (χ1n) is 10.3. The number of piperidine rings is 1. The van der Waals surface area contributed by atoms with Crippen LogP contribution < -0.4 is 5.32 Å². The van der Waals surface area contributed by atoms with Crippen molar-refractivity contribution in [1.29, 1.82) is 0 Å². The number of carbonyl (C=O) groups excluding carboxylic acids is 2. The number of nitrogens with one attached hydrogen (secondary N) is 1. The summed E-state index contributed by atoms with van der Waals surface area (Å²) in [5, 5.41) is 16.1. The van der Waals surface area contributed by atoms with Crippen molar-refractivity contribution < 1.29 is 14.7 Å². The number of phenols is 1. The van der Waals surface area contributed by atoms with Gasteiger partial charge in [-0.05, 0) is 43.2 Å². The van der Waals surface area contributed by atoms with Crippen molar-refractivity contribution in [1.82, 2.24) is 14.9 Å². The van der Waals surface area contributed by atoms with Crippen LogP contribution in [-0.2, 0) is 4.79 Å². The number of rotatable bonds is 5. The van der Waals surface area contributed by atoms with Gasteiger partial charge >= 0.3 is 0 Å². The third-order valence-electron chi connectivity index (χ3n) is 5.46. The lowest BCUT2D eigenvalue weighted by molar-refractivity contribution is -0.115. The van der Waals surface area contributed by atoms with Crippen molar-refractivity contribution in [3.05, 3.63) is 58.7 Å². The summed E-state index contributed by atoms with van der Waals surface area (Å²) in [6.07, 6.45) is 5.51. The summed E-state index contributed by atoms with van der Waals surface area (Å²) in [5.74, 6) is -0.128. The normalized spacial score (nSPS) is 14.4. The number of carbonyl (C=O) groups is 2. The third-order valence-corrected chi connectivity index (χ3v) is 6.47. The predicted octanol–water partition coefficient (Wildman–Crippen LogP) is 4.28. The Bertz CT molecular complexity index is 1080. The zero-order valence-electron chi connectivity index (χ0n) is 17.2. The molecular formula is C23H24N4O3S. The molecule has 2 N–H and O–H groups in total. The number of aromatic nitrogens is 2. The molecule has 7 nitrogen and oxygen atoms in total. The van der Waals surface area contributed by atoms with Gasteiger partial charge in [-0.1, -0.05) is 6.92 Å². The molecule has 31 heavy (non-hydrogen) atoms. The number of amides is 2. The van der Waals surface area contributed by atoms with Gasteiger partial charge in [-0.2, -0.15) is 0 Å². The van der Waals surface area contributed by atoms with Gasteiger partial charge in [0.05, 0.1) is 16.3 Å². The molecule has 4 rings (SSSR count). The van der Waals surface area contributed by atoms with Crippen LogP contribution in [0.15, 0.2) is 48.1 Å². The molecule has 1 aromatic carbocycles. The van der Waals surface area contributed by atoms with E-state index in [2.05, 4.69) is 15.7 Å². The smallest absolute Gasteiger partial charge is 0.257 e. The van der Waals surface area contributed by atoms with Gasteiger partial charge in [0.15, 0.2) is 0 Å². The maximum absolute atomic E-state index is 13.0. The lowest BCUT2D eigenvalue weighted by Gasteiger charge is -2.31. The van der Waals surface area contributed by atoms with Gasteiger partial charge in [-0.25, -0.2) is 4.98 Å². The summed E-state index contributed by atoms with van der Waals surface area (Å²) in [4.78, 5) is 35.2. The summed E-state index contributed by atoms with van der Waals surface area (Å²) in [6, 6.07) is 8.47. The van der Waals surface area contributed by atoms with Gasteiger partial charge in [-0.3, -0.25) is 14.6 Å². The van der Waals surface area contributed by atoms with Gasteiger partial charge < -0.3 is 15.3 Å². The fourth-order valence-electron chi connectivity index (χ4n) is 3.66. The van der Waals surface area contributed by atoms with E-state index >= 15 is 0 Å². The van der Waals surface area contributed by atoms with Crippen molar-refractivity contribution in [3.8, 4) is 17.0 Å². The second-order valence-corrected chi connectivity index (χ2v) is 8.40. The number of hydrogen-bond donors (Lipinski definition) is 2. The van der Waals surface area contributed by atoms with E-state index in [1.165, 1.54) is 6.07 Å². The average molecular weight is 437 g/mol. The number of phenolic OH excluding ortho intramolecular Hbond substituents is 1. The first-order chi connectivity index (χ1) is 15.0. The highest BCUT2D eigenvalue weighted by Crippen LogP contribution is 2.34. The van der Waals surface area contributed by atoms with Crippen LogP contribution in [0.25, 0.3) is 11.3 Å². The fraction of sp³-hybridized carbons (Fsp3) is 0.304. The van der Waals surface area contributed by atoms with Crippen LogP contribution in [0.1, 0.15) is 47.5 Å². The maximum atomic E-state index is 13.0. The van der Waals surface area contributed by atoms with Gasteiger partial charge in [-0.15, -0.1) is 11.3 Å². The van der Waals surface area contributed by atoms with Crippen LogP contribution in [0.4, 0.5) is 5.69 Å². The summed E-state index contributed by atoms with van der Waals surface area (Å²) in [5.41, 5.74) is 2.73. The zero-order valence-corrected chi connectivity index (χ0v) is 18.1. The van der Waals surface area contributed by atoms with E-state index in [1.807, 2.05) is 12.1 Å². The molecule has 8 heteroatoms. The van der Waals surface area contributed by atoms with Crippen LogP contribution in [0.2, 0.25) is 0 Å². The Morgan fingerprint density at radius 2 is 1.94 bits per heavy atom. The highest BCUT2D eigenvalue weighted by Gasteiger charge is 2.27. The Morgan fingerprint density at radius 3 is 2.65 bits per heavy atom. The molecular weight excluding hydrogens is 412 g/mol. The highest BCUT2D eigenvalue weighted by molar-refractivity contribution is 7.10. The molecule has 2 aromatic heterocycles. The standard InChI is InChI=1S/C23H24N4O3S/c1-2-21(29)25-17-3-4-20(28)18(13-17)23(30)27-11-7-16(8-12-27)22-26-19(14-31-22)15-5-9-24-10-6-15/h3-6,9-10,13-14,16,28H,2,7-8,11-12H2,1H3,(H,25,29). The van der Waals surface area contributed by atoms with E-state index < -0.39 is 0 Å². The van der Waals surface area contributed by atoms with Crippen LogP contribution >= 0.6 is 11.3 Å². The van der Waals surface area contributed by atoms with Gasteiger partial charge in [0.2, 0.25) is 5.91 Å². The van der Waals surface area contributed by atoms with Crippen molar-refractivity contribution in [2.45, 2.75) is 32.1 Å². The largest absolute Gasteiger partial charge is 0.507 e. The summed E-state index contributed by atoms with van der Waals surface area (Å²) >= 11 is 1.65. The van der Waals surface area contributed by atoms with Crippen LogP contribution in [0.5, 0.6) is 5.75 Å². The number of nitrogens with zero attached hydrogens (tertiary/aromatic N) is 3. The van der Waals surface area contributed by atoms with Gasteiger partial charge in [0, 0.05) is 54.5 Å². The molecule has 0 aliphatic carbocycles. The quantitative estimate of drug-likeness (QED) is 0.582. The number of anilines is 1. The van der Waals surface area contributed by atoms with E-state index in [9.17, 15) is 14.7 Å². The number of pyridine rings is 1. The Kier molecular flexibility index (Phi) is 6.27. The van der Waals surface area contributed by atoms with Gasteiger partial charge in [0.1, 0.15) is 5.75 Å². The Balaban J connectivity index is 1.41. The number of hydrogen-bond acceptors (Lipinski definition) is 6. The maximum Gasteiger partial charge on any atom is 0.257 e. The first kappa shape index (κ1) is 21.0.